The number of carbonyl (C=O) groups is 2. The van der Waals surface area contributed by atoms with Crippen LogP contribution in [-0.2, 0) is 11.3 Å². The third kappa shape index (κ3) is 5.74. The summed E-state index contributed by atoms with van der Waals surface area (Å²) in [5.41, 5.74) is 1.93. The molecule has 0 spiro atoms. The second-order valence-corrected chi connectivity index (χ2v) is 11.5. The van der Waals surface area contributed by atoms with Crippen LogP contribution in [0.1, 0.15) is 43.1 Å². The Balaban J connectivity index is 1.45. The van der Waals surface area contributed by atoms with Gasteiger partial charge in [-0.25, -0.2) is 14.4 Å². The molecule has 2 amide bonds. The molecular formula is C30H28Cl2FN5O2. The maximum Gasteiger partial charge on any atom is 0.258 e. The number of aromatic nitrogens is 2. The van der Waals surface area contributed by atoms with Crippen LogP contribution in [0.15, 0.2) is 54.6 Å². The van der Waals surface area contributed by atoms with Crippen molar-refractivity contribution < 1.29 is 14.0 Å². The highest BCUT2D eigenvalue weighted by Gasteiger charge is 2.24. The summed E-state index contributed by atoms with van der Waals surface area (Å²) in [5.74, 6) is 0.295. The summed E-state index contributed by atoms with van der Waals surface area (Å²) < 4.78 is 13.5. The van der Waals surface area contributed by atoms with E-state index in [9.17, 15) is 14.0 Å². The van der Waals surface area contributed by atoms with Crippen LogP contribution in [0.5, 0.6) is 0 Å². The van der Waals surface area contributed by atoms with E-state index in [0.717, 1.165) is 30.7 Å². The van der Waals surface area contributed by atoms with E-state index in [-0.39, 0.29) is 33.9 Å². The maximum atomic E-state index is 13.5. The quantitative estimate of drug-likeness (QED) is 0.260. The molecule has 0 atom stereocenters. The minimum Gasteiger partial charge on any atom is -0.356 e. The fraction of sp³-hybridized carbons (Fsp3) is 0.267. The SMILES string of the molecule is CC(C)(C)C(=O)NCc1ccc(Cl)c(C(=O)Nc2ccc3c(N4CCC4)nc(-c4ccc(F)cc4)nc3c2)c1Cl. The first kappa shape index (κ1) is 27.8. The van der Waals surface area contributed by atoms with Crippen molar-refractivity contribution in [2.75, 3.05) is 23.3 Å². The van der Waals surface area contributed by atoms with E-state index >= 15 is 0 Å². The second kappa shape index (κ2) is 11.0. The van der Waals surface area contributed by atoms with Crippen molar-refractivity contribution >= 4 is 57.4 Å². The normalized spacial score (nSPS) is 13.2. The fourth-order valence-corrected chi connectivity index (χ4v) is 4.87. The van der Waals surface area contributed by atoms with E-state index in [1.165, 1.54) is 12.1 Å². The molecule has 1 aliphatic heterocycles. The molecule has 1 aliphatic rings. The topological polar surface area (TPSA) is 87.2 Å². The maximum absolute atomic E-state index is 13.5. The van der Waals surface area contributed by atoms with Crippen molar-refractivity contribution in [1.29, 1.82) is 0 Å². The number of benzene rings is 3. The van der Waals surface area contributed by atoms with Gasteiger partial charge in [-0.15, -0.1) is 0 Å². The average Bonchev–Trinajstić information content (AvgIpc) is 2.86. The van der Waals surface area contributed by atoms with Crippen LogP contribution < -0.4 is 15.5 Å². The van der Waals surface area contributed by atoms with Gasteiger partial charge < -0.3 is 15.5 Å². The Hall–Kier alpha value is -3.75. The number of amides is 2. The van der Waals surface area contributed by atoms with Crippen molar-refractivity contribution in [3.8, 4) is 11.4 Å². The molecule has 0 radical (unpaired) electrons. The van der Waals surface area contributed by atoms with Crippen LogP contribution in [0.4, 0.5) is 15.9 Å². The molecule has 1 saturated heterocycles. The van der Waals surface area contributed by atoms with E-state index in [0.29, 0.717) is 28.2 Å². The summed E-state index contributed by atoms with van der Waals surface area (Å²) in [4.78, 5) is 37.3. The first-order valence-electron chi connectivity index (χ1n) is 12.9. The smallest absolute Gasteiger partial charge is 0.258 e. The van der Waals surface area contributed by atoms with E-state index in [1.54, 1.807) is 36.4 Å². The molecule has 0 aliphatic carbocycles. The molecule has 4 aromatic rings. The van der Waals surface area contributed by atoms with Gasteiger partial charge in [-0.2, -0.15) is 0 Å². The summed E-state index contributed by atoms with van der Waals surface area (Å²) in [7, 11) is 0. The molecule has 1 fully saturated rings. The number of anilines is 2. The molecule has 0 bridgehead atoms. The number of fused-ring (bicyclic) bond motifs is 1. The Labute approximate surface area is 241 Å². The van der Waals surface area contributed by atoms with Gasteiger partial charge in [0.15, 0.2) is 5.82 Å². The molecule has 5 rings (SSSR count). The van der Waals surface area contributed by atoms with E-state index in [4.69, 9.17) is 33.2 Å². The molecule has 2 N–H and O–H groups in total. The number of hydrogen-bond donors (Lipinski definition) is 2. The van der Waals surface area contributed by atoms with Gasteiger partial charge in [-0.1, -0.05) is 50.0 Å². The van der Waals surface area contributed by atoms with Crippen molar-refractivity contribution in [2.45, 2.75) is 33.7 Å². The highest BCUT2D eigenvalue weighted by molar-refractivity contribution is 6.40. The lowest BCUT2D eigenvalue weighted by atomic mass is 9.95. The fourth-order valence-electron chi connectivity index (χ4n) is 4.26. The van der Waals surface area contributed by atoms with Gasteiger partial charge in [0.25, 0.3) is 5.91 Å². The summed E-state index contributed by atoms with van der Waals surface area (Å²) in [6.07, 6.45) is 1.08. The van der Waals surface area contributed by atoms with Crippen molar-refractivity contribution in [3.05, 3.63) is 81.6 Å². The van der Waals surface area contributed by atoms with Crippen LogP contribution >= 0.6 is 23.2 Å². The first-order chi connectivity index (χ1) is 19.0. The zero-order chi connectivity index (χ0) is 28.6. The van der Waals surface area contributed by atoms with Crippen LogP contribution in [0.25, 0.3) is 22.3 Å². The Morgan fingerprint density at radius 1 is 1.00 bits per heavy atom. The van der Waals surface area contributed by atoms with Gasteiger partial charge in [-0.3, -0.25) is 9.59 Å². The summed E-state index contributed by atoms with van der Waals surface area (Å²) >= 11 is 13.0. The monoisotopic (exact) mass is 579 g/mol. The molecule has 0 unspecified atom stereocenters. The predicted octanol–water partition coefficient (Wildman–Crippen LogP) is 6.87. The van der Waals surface area contributed by atoms with Gasteiger partial charge in [0.05, 0.1) is 21.1 Å². The molecule has 10 heteroatoms. The average molecular weight is 580 g/mol. The zero-order valence-electron chi connectivity index (χ0n) is 22.3. The largest absolute Gasteiger partial charge is 0.356 e. The van der Waals surface area contributed by atoms with Crippen LogP contribution in [0, 0.1) is 11.2 Å². The molecule has 2 heterocycles. The Morgan fingerprint density at radius 3 is 2.38 bits per heavy atom. The number of carbonyl (C=O) groups excluding carboxylic acids is 2. The summed E-state index contributed by atoms with van der Waals surface area (Å²) in [6, 6.07) is 14.7. The lowest BCUT2D eigenvalue weighted by molar-refractivity contribution is -0.128. The zero-order valence-corrected chi connectivity index (χ0v) is 23.8. The first-order valence-corrected chi connectivity index (χ1v) is 13.7. The van der Waals surface area contributed by atoms with Crippen LogP contribution in [-0.4, -0.2) is 34.9 Å². The number of nitrogens with one attached hydrogen (secondary N) is 2. The minimum absolute atomic E-state index is 0.113. The van der Waals surface area contributed by atoms with Crippen LogP contribution in [0.2, 0.25) is 10.0 Å². The van der Waals surface area contributed by atoms with Crippen molar-refractivity contribution in [3.63, 3.8) is 0 Å². The van der Waals surface area contributed by atoms with E-state index in [1.807, 2.05) is 26.8 Å². The molecule has 40 heavy (non-hydrogen) atoms. The third-order valence-electron chi connectivity index (χ3n) is 6.71. The number of rotatable bonds is 6. The summed E-state index contributed by atoms with van der Waals surface area (Å²) in [5, 5.41) is 6.92. The van der Waals surface area contributed by atoms with Crippen molar-refractivity contribution in [2.24, 2.45) is 5.41 Å². The van der Waals surface area contributed by atoms with Gasteiger partial charge in [0.1, 0.15) is 11.6 Å². The second-order valence-electron chi connectivity index (χ2n) is 10.7. The standard InChI is InChI=1S/C30H28Cl2FN5O2/c1-30(2,3)29(40)34-16-18-7-12-22(31)24(25(18)32)28(39)35-20-10-11-21-23(15-20)36-26(17-5-8-19(33)9-6-17)37-27(21)38-13-4-14-38/h5-12,15H,4,13-14,16H2,1-3H3,(H,34,40)(H,35,39). The van der Waals surface area contributed by atoms with Gasteiger partial charge in [-0.05, 0) is 60.5 Å². The predicted molar refractivity (Wildman–Crippen MR) is 157 cm³/mol. The number of nitrogens with zero attached hydrogens (tertiary/aromatic N) is 3. The number of hydrogen-bond acceptors (Lipinski definition) is 5. The van der Waals surface area contributed by atoms with Gasteiger partial charge in [0, 0.05) is 41.7 Å². The van der Waals surface area contributed by atoms with E-state index in [2.05, 4.69) is 15.5 Å². The number of halogens is 3. The van der Waals surface area contributed by atoms with Gasteiger partial charge in [0.2, 0.25) is 5.91 Å². The lowest BCUT2D eigenvalue weighted by Gasteiger charge is -2.33. The lowest BCUT2D eigenvalue weighted by Crippen LogP contribution is -2.37. The van der Waals surface area contributed by atoms with Gasteiger partial charge >= 0.3 is 0 Å². The highest BCUT2D eigenvalue weighted by Crippen LogP contribution is 2.33. The Kier molecular flexibility index (Phi) is 7.66. The molecule has 3 aromatic carbocycles. The Morgan fingerprint density at radius 2 is 1.73 bits per heavy atom. The molecule has 206 valence electrons. The third-order valence-corrected chi connectivity index (χ3v) is 7.46. The summed E-state index contributed by atoms with van der Waals surface area (Å²) in [6.45, 7) is 7.37. The van der Waals surface area contributed by atoms with E-state index < -0.39 is 11.3 Å². The molecular weight excluding hydrogens is 552 g/mol. The van der Waals surface area contributed by atoms with Crippen molar-refractivity contribution in [1.82, 2.24) is 15.3 Å². The molecule has 7 nitrogen and oxygen atoms in total. The molecule has 0 saturated carbocycles. The molecule has 1 aromatic heterocycles. The Bertz CT molecular complexity index is 1620. The highest BCUT2D eigenvalue weighted by atomic mass is 35.5. The minimum atomic E-state index is -0.565. The van der Waals surface area contributed by atoms with Crippen LogP contribution in [0.3, 0.4) is 0 Å².